The molecule has 0 bridgehead atoms. The quantitative estimate of drug-likeness (QED) is 0.610. The van der Waals surface area contributed by atoms with Crippen molar-refractivity contribution >= 4 is 5.91 Å². The maximum Gasteiger partial charge on any atom is 0.430 e. The maximum atomic E-state index is 14.3. The van der Waals surface area contributed by atoms with Crippen molar-refractivity contribution in [3.05, 3.63) is 58.7 Å². The van der Waals surface area contributed by atoms with E-state index in [-0.39, 0.29) is 13.2 Å². The Kier molecular flexibility index (Phi) is 7.89. The van der Waals surface area contributed by atoms with E-state index in [0.29, 0.717) is 28.2 Å². The highest BCUT2D eigenvalue weighted by Crippen LogP contribution is 2.41. The van der Waals surface area contributed by atoms with Crippen LogP contribution < -0.4 is 14.8 Å². The molecule has 1 aromatic rings. The first-order valence-electron chi connectivity index (χ1n) is 11.0. The second-order valence-corrected chi connectivity index (χ2v) is 8.13. The van der Waals surface area contributed by atoms with Gasteiger partial charge in [-0.05, 0) is 55.9 Å². The summed E-state index contributed by atoms with van der Waals surface area (Å²) in [6.45, 7) is 1.27. The fraction of sp³-hybridized carbons (Fsp3) is 0.480. The zero-order valence-corrected chi connectivity index (χ0v) is 19.2. The number of benzene rings is 1. The van der Waals surface area contributed by atoms with Crippen molar-refractivity contribution in [1.29, 1.82) is 0 Å². The summed E-state index contributed by atoms with van der Waals surface area (Å²) in [4.78, 5) is 13.0. The third-order valence-electron chi connectivity index (χ3n) is 6.07. The van der Waals surface area contributed by atoms with Crippen molar-refractivity contribution in [1.82, 2.24) is 5.32 Å². The largest absolute Gasteiger partial charge is 0.493 e. The smallest absolute Gasteiger partial charge is 0.430 e. The molecule has 0 radical (unpaired) electrons. The van der Waals surface area contributed by atoms with Gasteiger partial charge in [-0.15, -0.1) is 0 Å². The fourth-order valence-electron chi connectivity index (χ4n) is 4.21. The van der Waals surface area contributed by atoms with E-state index in [4.69, 9.17) is 14.2 Å². The Morgan fingerprint density at radius 1 is 1.18 bits per heavy atom. The molecule has 1 amide bonds. The standard InChI is InChI=1S/C25H30F3NO4/c1-4-18-16-33-24(25(26,27)28,14-20(18)13-17-9-6-5-7-10-17)23(30)29-15-19-11-8-12-21(31-2)22(19)32-3/h4,8,11-14H,5-7,9-10,15-16H2,1-3H3,(H,29,30)/b18-4+/t24-/m1/s1. The number of alkyl halides is 3. The van der Waals surface area contributed by atoms with Gasteiger partial charge in [-0.25, -0.2) is 0 Å². The molecule has 1 atom stereocenters. The normalized spacial score (nSPS) is 22.5. The van der Waals surface area contributed by atoms with E-state index in [1.54, 1.807) is 37.3 Å². The van der Waals surface area contributed by atoms with E-state index in [0.717, 1.165) is 43.8 Å². The summed E-state index contributed by atoms with van der Waals surface area (Å²) < 4.78 is 58.7. The lowest BCUT2D eigenvalue weighted by molar-refractivity contribution is -0.249. The van der Waals surface area contributed by atoms with E-state index >= 15 is 0 Å². The van der Waals surface area contributed by atoms with Crippen LogP contribution in [0, 0.1) is 0 Å². The van der Waals surface area contributed by atoms with Gasteiger partial charge < -0.3 is 19.5 Å². The van der Waals surface area contributed by atoms with Crippen molar-refractivity contribution in [2.75, 3.05) is 20.8 Å². The van der Waals surface area contributed by atoms with Crippen molar-refractivity contribution in [3.63, 3.8) is 0 Å². The van der Waals surface area contributed by atoms with Crippen molar-refractivity contribution in [2.45, 2.75) is 57.3 Å². The van der Waals surface area contributed by atoms with Crippen LogP contribution in [0.15, 0.2) is 53.1 Å². The molecule has 5 nitrogen and oxygen atoms in total. The highest BCUT2D eigenvalue weighted by molar-refractivity contribution is 5.89. The number of para-hydroxylation sites is 1. The Bertz CT molecular complexity index is 957. The van der Waals surface area contributed by atoms with Gasteiger partial charge in [0, 0.05) is 12.1 Å². The molecule has 1 saturated carbocycles. The van der Waals surface area contributed by atoms with Gasteiger partial charge in [-0.3, -0.25) is 4.79 Å². The fourth-order valence-corrected chi connectivity index (χ4v) is 4.21. The molecule has 0 saturated heterocycles. The summed E-state index contributed by atoms with van der Waals surface area (Å²) >= 11 is 0. The number of carbonyl (C=O) groups is 1. The Morgan fingerprint density at radius 2 is 1.91 bits per heavy atom. The number of methoxy groups -OCH3 is 2. The third kappa shape index (κ3) is 5.27. The number of rotatable bonds is 6. The number of allylic oxidation sites excluding steroid dienone is 3. The van der Waals surface area contributed by atoms with Crippen LogP contribution in [-0.4, -0.2) is 38.5 Å². The predicted octanol–water partition coefficient (Wildman–Crippen LogP) is 5.41. The lowest BCUT2D eigenvalue weighted by Crippen LogP contribution is -2.59. The van der Waals surface area contributed by atoms with E-state index in [9.17, 15) is 18.0 Å². The average molecular weight is 466 g/mol. The molecule has 1 aromatic carbocycles. The highest BCUT2D eigenvalue weighted by atomic mass is 19.4. The molecule has 180 valence electrons. The first kappa shape index (κ1) is 24.9. The van der Waals surface area contributed by atoms with Gasteiger partial charge in [0.05, 0.1) is 20.8 Å². The van der Waals surface area contributed by atoms with Crippen LogP contribution in [-0.2, 0) is 16.1 Å². The van der Waals surface area contributed by atoms with Crippen LogP contribution in [0.1, 0.15) is 44.6 Å². The van der Waals surface area contributed by atoms with Crippen LogP contribution in [0.2, 0.25) is 0 Å². The van der Waals surface area contributed by atoms with Gasteiger partial charge >= 0.3 is 6.18 Å². The van der Waals surface area contributed by atoms with Crippen LogP contribution in [0.25, 0.3) is 0 Å². The lowest BCUT2D eigenvalue weighted by atomic mass is 9.87. The summed E-state index contributed by atoms with van der Waals surface area (Å²) in [7, 11) is 2.89. The Morgan fingerprint density at radius 3 is 2.52 bits per heavy atom. The predicted molar refractivity (Wildman–Crippen MR) is 119 cm³/mol. The molecule has 1 heterocycles. The topological polar surface area (TPSA) is 56.8 Å². The third-order valence-corrected chi connectivity index (χ3v) is 6.07. The molecule has 2 aliphatic rings. The molecule has 8 heteroatoms. The van der Waals surface area contributed by atoms with Gasteiger partial charge in [0.2, 0.25) is 0 Å². The molecular weight excluding hydrogens is 435 g/mol. The summed E-state index contributed by atoms with van der Waals surface area (Å²) in [5.41, 5.74) is -0.457. The zero-order chi connectivity index (χ0) is 24.1. The van der Waals surface area contributed by atoms with Crippen LogP contribution in [0.4, 0.5) is 13.2 Å². The minimum absolute atomic E-state index is 0.179. The first-order chi connectivity index (χ1) is 15.8. The number of nitrogens with one attached hydrogen (secondary N) is 1. The van der Waals surface area contributed by atoms with Crippen molar-refractivity contribution in [3.8, 4) is 11.5 Å². The SMILES string of the molecule is C/C=C1\CO[C@](C(=O)NCc2cccc(OC)c2OC)(C(F)(F)F)C=C1C=C1CCCCC1. The maximum absolute atomic E-state index is 14.3. The summed E-state index contributed by atoms with van der Waals surface area (Å²) in [5.74, 6) is -0.502. The van der Waals surface area contributed by atoms with Gasteiger partial charge in [-0.1, -0.05) is 36.3 Å². The summed E-state index contributed by atoms with van der Waals surface area (Å²) in [6, 6.07) is 4.99. The second-order valence-electron chi connectivity index (χ2n) is 8.13. The Labute approximate surface area is 192 Å². The van der Waals surface area contributed by atoms with Gasteiger partial charge in [0.15, 0.2) is 11.5 Å². The number of hydrogen-bond acceptors (Lipinski definition) is 4. The molecule has 3 rings (SSSR count). The van der Waals surface area contributed by atoms with Gasteiger partial charge in [-0.2, -0.15) is 13.2 Å². The van der Waals surface area contributed by atoms with E-state index in [2.05, 4.69) is 5.32 Å². The molecular formula is C25H30F3NO4. The van der Waals surface area contributed by atoms with Gasteiger partial charge in [0.25, 0.3) is 11.5 Å². The molecule has 1 fully saturated rings. The van der Waals surface area contributed by atoms with Crippen LogP contribution >= 0.6 is 0 Å². The second kappa shape index (κ2) is 10.5. The molecule has 1 aliphatic heterocycles. The first-order valence-corrected chi connectivity index (χ1v) is 11.0. The van der Waals surface area contributed by atoms with E-state index in [1.807, 2.05) is 0 Å². The number of hydrogen-bond donors (Lipinski definition) is 1. The Balaban J connectivity index is 1.94. The van der Waals surface area contributed by atoms with Crippen LogP contribution in [0.5, 0.6) is 11.5 Å². The zero-order valence-electron chi connectivity index (χ0n) is 19.2. The number of amides is 1. The monoisotopic (exact) mass is 465 g/mol. The minimum atomic E-state index is -4.94. The molecule has 0 aromatic heterocycles. The molecule has 0 unspecified atom stereocenters. The molecule has 0 spiro atoms. The van der Waals surface area contributed by atoms with E-state index < -0.39 is 17.7 Å². The number of carbonyl (C=O) groups excluding carboxylic acids is 1. The van der Waals surface area contributed by atoms with Gasteiger partial charge in [0.1, 0.15) is 0 Å². The average Bonchev–Trinajstić information content (AvgIpc) is 2.81. The Hall–Kier alpha value is -2.74. The molecule has 33 heavy (non-hydrogen) atoms. The minimum Gasteiger partial charge on any atom is -0.493 e. The summed E-state index contributed by atoms with van der Waals surface area (Å²) in [5, 5.41) is 2.39. The van der Waals surface area contributed by atoms with Crippen LogP contribution in [0.3, 0.4) is 0 Å². The van der Waals surface area contributed by atoms with Crippen molar-refractivity contribution in [2.24, 2.45) is 0 Å². The summed E-state index contributed by atoms with van der Waals surface area (Å²) in [6.07, 6.45) is 4.39. The highest BCUT2D eigenvalue weighted by Gasteiger charge is 2.61. The number of halogens is 3. The molecule has 1 aliphatic carbocycles. The van der Waals surface area contributed by atoms with E-state index in [1.165, 1.54) is 14.2 Å². The molecule has 1 N–H and O–H groups in total. The lowest BCUT2D eigenvalue weighted by Gasteiger charge is -2.36. The number of ether oxygens (including phenoxy) is 3. The van der Waals surface area contributed by atoms with Crippen molar-refractivity contribution < 1.29 is 32.2 Å².